The minimum Gasteiger partial charge on any atom is -0.445 e. The number of ether oxygens (including phenoxy) is 1. The van der Waals surface area contributed by atoms with Gasteiger partial charge in [-0.25, -0.2) is 13.6 Å². The van der Waals surface area contributed by atoms with Gasteiger partial charge in [0.2, 0.25) is 0 Å². The molecule has 38 heavy (non-hydrogen) atoms. The molecule has 1 amide bonds. The SMILES string of the molecule is CC(C)(C)[Si](OC1CC2C(C1)C(F)(F)CN2C(=O)OCc1ccccc1)(c1ccccc1)c1ccccc1. The van der Waals surface area contributed by atoms with Crippen molar-refractivity contribution in [2.24, 2.45) is 5.92 Å². The van der Waals surface area contributed by atoms with Crippen LogP contribution in [0.1, 0.15) is 39.2 Å². The van der Waals surface area contributed by atoms with Crippen molar-refractivity contribution in [2.45, 2.75) is 63.3 Å². The number of likely N-dealkylation sites (tertiary alicyclic amines) is 1. The highest BCUT2D eigenvalue weighted by atomic mass is 28.4. The number of nitrogens with zero attached hydrogens (tertiary/aromatic N) is 1. The summed E-state index contributed by atoms with van der Waals surface area (Å²) >= 11 is 0. The van der Waals surface area contributed by atoms with Gasteiger partial charge in [-0.05, 0) is 33.8 Å². The van der Waals surface area contributed by atoms with Crippen LogP contribution in [-0.4, -0.2) is 43.9 Å². The lowest BCUT2D eigenvalue weighted by atomic mass is 10.0. The summed E-state index contributed by atoms with van der Waals surface area (Å²) in [5.41, 5.74) is 0.822. The van der Waals surface area contributed by atoms with Gasteiger partial charge in [-0.1, -0.05) is 112 Å². The molecule has 3 aromatic carbocycles. The fourth-order valence-electron chi connectivity index (χ4n) is 6.27. The molecule has 3 atom stereocenters. The van der Waals surface area contributed by atoms with Gasteiger partial charge in [0.1, 0.15) is 6.61 Å². The van der Waals surface area contributed by atoms with Crippen LogP contribution in [0.3, 0.4) is 0 Å². The number of rotatable bonds is 6. The van der Waals surface area contributed by atoms with Gasteiger partial charge < -0.3 is 9.16 Å². The molecule has 0 bridgehead atoms. The van der Waals surface area contributed by atoms with E-state index in [-0.39, 0.29) is 18.1 Å². The average molecular weight is 536 g/mol. The first kappa shape index (κ1) is 26.6. The van der Waals surface area contributed by atoms with Crippen molar-refractivity contribution in [3.63, 3.8) is 0 Å². The van der Waals surface area contributed by atoms with Crippen LogP contribution in [0.15, 0.2) is 91.0 Å². The summed E-state index contributed by atoms with van der Waals surface area (Å²) in [6.07, 6.45) is -0.505. The van der Waals surface area contributed by atoms with Crippen molar-refractivity contribution in [2.75, 3.05) is 6.54 Å². The Balaban J connectivity index is 1.42. The summed E-state index contributed by atoms with van der Waals surface area (Å²) in [4.78, 5) is 14.2. The van der Waals surface area contributed by atoms with Gasteiger partial charge in [0.05, 0.1) is 6.54 Å². The zero-order valence-corrected chi connectivity index (χ0v) is 23.1. The molecule has 3 unspecified atom stereocenters. The highest BCUT2D eigenvalue weighted by molar-refractivity contribution is 6.99. The van der Waals surface area contributed by atoms with Crippen molar-refractivity contribution in [1.29, 1.82) is 0 Å². The van der Waals surface area contributed by atoms with E-state index in [0.29, 0.717) is 6.42 Å². The molecular formula is C31H35F2NO3Si. The molecule has 5 rings (SSSR count). The number of carbonyl (C=O) groups excluding carboxylic acids is 1. The predicted molar refractivity (Wildman–Crippen MR) is 147 cm³/mol. The first-order chi connectivity index (χ1) is 18.1. The lowest BCUT2D eigenvalue weighted by molar-refractivity contribution is -0.0337. The van der Waals surface area contributed by atoms with Gasteiger partial charge >= 0.3 is 6.09 Å². The summed E-state index contributed by atoms with van der Waals surface area (Å²) in [7, 11) is -2.90. The Hall–Kier alpha value is -3.03. The zero-order valence-electron chi connectivity index (χ0n) is 22.1. The van der Waals surface area contributed by atoms with E-state index in [2.05, 4.69) is 45.0 Å². The maximum absolute atomic E-state index is 15.3. The Morgan fingerprint density at radius 3 is 1.95 bits per heavy atom. The number of halogens is 2. The van der Waals surface area contributed by atoms with Crippen molar-refractivity contribution in [1.82, 2.24) is 4.90 Å². The molecule has 7 heteroatoms. The lowest BCUT2D eigenvalue weighted by Gasteiger charge is -2.45. The number of benzene rings is 3. The highest BCUT2D eigenvalue weighted by Crippen LogP contribution is 2.49. The van der Waals surface area contributed by atoms with Crippen LogP contribution in [0.25, 0.3) is 0 Å². The number of fused-ring (bicyclic) bond motifs is 1. The van der Waals surface area contributed by atoms with Gasteiger partial charge in [-0.3, -0.25) is 4.90 Å². The van der Waals surface area contributed by atoms with E-state index in [1.165, 1.54) is 4.90 Å². The summed E-state index contributed by atoms with van der Waals surface area (Å²) < 4.78 is 43.1. The topological polar surface area (TPSA) is 38.8 Å². The van der Waals surface area contributed by atoms with E-state index >= 15 is 8.78 Å². The number of carbonyl (C=O) groups is 1. The molecular weight excluding hydrogens is 500 g/mol. The maximum atomic E-state index is 15.3. The predicted octanol–water partition coefficient (Wildman–Crippen LogP) is 6.00. The number of amides is 1. The smallest absolute Gasteiger partial charge is 0.410 e. The fourth-order valence-corrected chi connectivity index (χ4v) is 11.0. The van der Waals surface area contributed by atoms with E-state index in [9.17, 15) is 4.79 Å². The van der Waals surface area contributed by atoms with Gasteiger partial charge in [-0.15, -0.1) is 0 Å². The van der Waals surface area contributed by atoms with E-state index in [1.807, 2.05) is 66.7 Å². The molecule has 3 aromatic rings. The van der Waals surface area contributed by atoms with Gasteiger partial charge in [0, 0.05) is 18.1 Å². The molecule has 1 aliphatic heterocycles. The van der Waals surface area contributed by atoms with Crippen molar-refractivity contribution in [3.05, 3.63) is 96.6 Å². The third-order valence-corrected chi connectivity index (χ3v) is 13.1. The Morgan fingerprint density at radius 2 is 1.42 bits per heavy atom. The largest absolute Gasteiger partial charge is 0.445 e. The van der Waals surface area contributed by atoms with Crippen LogP contribution in [0, 0.1) is 5.92 Å². The first-order valence-electron chi connectivity index (χ1n) is 13.3. The van der Waals surface area contributed by atoms with Crippen LogP contribution >= 0.6 is 0 Å². The normalized spacial score (nSPS) is 22.8. The van der Waals surface area contributed by atoms with E-state index in [1.54, 1.807) is 0 Å². The number of alkyl halides is 2. The van der Waals surface area contributed by atoms with E-state index in [0.717, 1.165) is 15.9 Å². The van der Waals surface area contributed by atoms with Gasteiger partial charge in [-0.2, -0.15) is 0 Å². The molecule has 4 nitrogen and oxygen atoms in total. The maximum Gasteiger partial charge on any atom is 0.410 e. The van der Waals surface area contributed by atoms with Crippen molar-refractivity contribution < 1.29 is 22.7 Å². The molecule has 1 aliphatic carbocycles. The fraction of sp³-hybridized carbons (Fsp3) is 0.387. The van der Waals surface area contributed by atoms with Gasteiger partial charge in [0.25, 0.3) is 14.2 Å². The molecule has 1 saturated carbocycles. The second-order valence-electron chi connectivity index (χ2n) is 11.5. The second-order valence-corrected chi connectivity index (χ2v) is 15.7. The van der Waals surface area contributed by atoms with Crippen molar-refractivity contribution in [3.8, 4) is 0 Å². The molecule has 1 saturated heterocycles. The monoisotopic (exact) mass is 535 g/mol. The Morgan fingerprint density at radius 1 is 0.895 bits per heavy atom. The Bertz CT molecular complexity index is 1190. The Labute approximate surface area is 224 Å². The standard InChI is InChI=1S/C31H35F2NO3Si/c1-30(2,3)38(25-15-9-5-10-16-25,26-17-11-6-12-18-26)37-24-19-27-28(20-24)34(22-31(27,32)33)29(35)36-21-23-13-7-4-8-14-23/h4-18,24,27-28H,19-22H2,1-3H3. The minimum absolute atomic E-state index is 0.0567. The van der Waals surface area contributed by atoms with Crippen LogP contribution in [0.2, 0.25) is 5.04 Å². The van der Waals surface area contributed by atoms with Crippen molar-refractivity contribution >= 4 is 24.8 Å². The molecule has 2 aliphatic rings. The quantitative estimate of drug-likeness (QED) is 0.364. The second kappa shape index (κ2) is 10.3. The molecule has 0 spiro atoms. The molecule has 2 fully saturated rings. The number of hydrogen-bond donors (Lipinski definition) is 0. The summed E-state index contributed by atoms with van der Waals surface area (Å²) in [5.74, 6) is -3.94. The highest BCUT2D eigenvalue weighted by Gasteiger charge is 2.62. The summed E-state index contributed by atoms with van der Waals surface area (Å²) in [6.45, 7) is 5.98. The minimum atomic E-state index is -2.99. The van der Waals surface area contributed by atoms with Crippen LogP contribution in [-0.2, 0) is 15.8 Å². The molecule has 0 N–H and O–H groups in total. The third-order valence-electron chi connectivity index (χ3n) is 8.01. The molecule has 1 heterocycles. The average Bonchev–Trinajstić information content (AvgIpc) is 3.44. The summed E-state index contributed by atoms with van der Waals surface area (Å²) in [5, 5.41) is 1.97. The zero-order chi connectivity index (χ0) is 27.0. The van der Waals surface area contributed by atoms with Crippen LogP contribution in [0.5, 0.6) is 0 Å². The number of hydrogen-bond acceptors (Lipinski definition) is 3. The Kier molecular flexibility index (Phi) is 7.18. The molecule has 0 aromatic heterocycles. The van der Waals surface area contributed by atoms with E-state index in [4.69, 9.17) is 9.16 Å². The van der Waals surface area contributed by atoms with Crippen LogP contribution in [0.4, 0.5) is 13.6 Å². The summed E-state index contributed by atoms with van der Waals surface area (Å²) in [6, 6.07) is 29.1. The van der Waals surface area contributed by atoms with Crippen LogP contribution < -0.4 is 10.4 Å². The molecule has 0 radical (unpaired) electrons. The first-order valence-corrected chi connectivity index (χ1v) is 15.2. The van der Waals surface area contributed by atoms with Gasteiger partial charge in [0.15, 0.2) is 0 Å². The third kappa shape index (κ3) is 4.89. The molecule has 200 valence electrons. The lowest BCUT2D eigenvalue weighted by Crippen LogP contribution is -2.67. The van der Waals surface area contributed by atoms with E-state index < -0.39 is 44.9 Å².